The van der Waals surface area contributed by atoms with Gasteiger partial charge in [0.2, 0.25) is 5.95 Å². The van der Waals surface area contributed by atoms with Gasteiger partial charge in [0, 0.05) is 19.2 Å². The van der Waals surface area contributed by atoms with E-state index in [-0.39, 0.29) is 0 Å². The highest BCUT2D eigenvalue weighted by Crippen LogP contribution is 2.18. The average molecular weight is 296 g/mol. The van der Waals surface area contributed by atoms with E-state index in [0.717, 1.165) is 22.5 Å². The molecule has 6 nitrogen and oxygen atoms in total. The Morgan fingerprint density at radius 1 is 1.18 bits per heavy atom. The van der Waals surface area contributed by atoms with Crippen LogP contribution in [-0.4, -0.2) is 20.7 Å². The fraction of sp³-hybridized carbons (Fsp3) is 0.125. The van der Waals surface area contributed by atoms with E-state index in [9.17, 15) is 4.79 Å². The Morgan fingerprint density at radius 3 is 2.59 bits per heavy atom. The highest BCUT2D eigenvalue weighted by Gasteiger charge is 2.07. The Labute approximate surface area is 127 Å². The molecule has 0 fully saturated rings. The van der Waals surface area contributed by atoms with Crippen LogP contribution in [0.25, 0.3) is 11.0 Å². The van der Waals surface area contributed by atoms with E-state index in [1.165, 1.54) is 0 Å². The van der Waals surface area contributed by atoms with Gasteiger partial charge in [-0.15, -0.1) is 0 Å². The summed E-state index contributed by atoms with van der Waals surface area (Å²) >= 11 is 0. The van der Waals surface area contributed by atoms with Crippen molar-refractivity contribution in [1.82, 2.24) is 15.0 Å². The van der Waals surface area contributed by atoms with E-state index in [0.29, 0.717) is 12.1 Å². The number of carbonyl (C=O) groups excluding carboxylic acids is 1. The van der Waals surface area contributed by atoms with Crippen LogP contribution in [0.4, 0.5) is 5.95 Å². The van der Waals surface area contributed by atoms with Gasteiger partial charge in [-0.1, -0.05) is 24.3 Å². The predicted octanol–water partition coefficient (Wildman–Crippen LogP) is 2.30. The number of imidazole rings is 1. The maximum atomic E-state index is 11.3. The van der Waals surface area contributed by atoms with Gasteiger partial charge in [-0.2, -0.15) is 0 Å². The van der Waals surface area contributed by atoms with Crippen LogP contribution in [0.2, 0.25) is 0 Å². The van der Waals surface area contributed by atoms with Gasteiger partial charge in [0.05, 0.1) is 11.0 Å². The fourth-order valence-corrected chi connectivity index (χ4v) is 2.32. The molecule has 0 aliphatic rings. The van der Waals surface area contributed by atoms with E-state index < -0.39 is 5.91 Å². The SMILES string of the molecule is Cn1c(NCc2ccc(C(=O)NO)cc2)nc2ccccc21. The van der Waals surface area contributed by atoms with E-state index in [1.807, 2.05) is 48.0 Å². The molecule has 3 rings (SSSR count). The number of para-hydroxylation sites is 2. The van der Waals surface area contributed by atoms with Crippen molar-refractivity contribution in [2.24, 2.45) is 7.05 Å². The molecule has 0 saturated carbocycles. The standard InChI is InChI=1S/C16H16N4O2/c1-20-14-5-3-2-4-13(14)18-16(20)17-10-11-6-8-12(9-7-11)15(21)19-22/h2-9,22H,10H2,1H3,(H,17,18)(H,19,21). The summed E-state index contributed by atoms with van der Waals surface area (Å²) in [4.78, 5) is 15.8. The molecule has 1 amide bonds. The number of amides is 1. The monoisotopic (exact) mass is 296 g/mol. The second kappa shape index (κ2) is 5.87. The summed E-state index contributed by atoms with van der Waals surface area (Å²) < 4.78 is 2.00. The molecule has 0 spiro atoms. The summed E-state index contributed by atoms with van der Waals surface area (Å²) in [5.74, 6) is 0.272. The quantitative estimate of drug-likeness (QED) is 0.510. The molecule has 0 unspecified atom stereocenters. The third-order valence-electron chi connectivity index (χ3n) is 3.56. The van der Waals surface area contributed by atoms with Gasteiger partial charge in [-0.05, 0) is 29.8 Å². The fourth-order valence-electron chi connectivity index (χ4n) is 2.32. The van der Waals surface area contributed by atoms with Crippen LogP contribution in [0.3, 0.4) is 0 Å². The molecular formula is C16H16N4O2. The number of fused-ring (bicyclic) bond motifs is 1. The first-order chi connectivity index (χ1) is 10.7. The van der Waals surface area contributed by atoms with Gasteiger partial charge in [-0.25, -0.2) is 10.5 Å². The summed E-state index contributed by atoms with van der Waals surface area (Å²) in [6, 6.07) is 14.9. The largest absolute Gasteiger partial charge is 0.352 e. The Hall–Kier alpha value is -2.86. The van der Waals surface area contributed by atoms with Crippen LogP contribution >= 0.6 is 0 Å². The van der Waals surface area contributed by atoms with Gasteiger partial charge in [0.15, 0.2) is 0 Å². The second-order valence-corrected chi connectivity index (χ2v) is 4.97. The van der Waals surface area contributed by atoms with Crippen LogP contribution < -0.4 is 10.8 Å². The molecule has 0 saturated heterocycles. The Balaban J connectivity index is 1.74. The van der Waals surface area contributed by atoms with E-state index in [1.54, 1.807) is 17.6 Å². The zero-order valence-electron chi connectivity index (χ0n) is 12.1. The normalized spacial score (nSPS) is 10.6. The Morgan fingerprint density at radius 2 is 1.91 bits per heavy atom. The molecule has 3 aromatic rings. The number of nitrogens with one attached hydrogen (secondary N) is 2. The minimum absolute atomic E-state index is 0.411. The van der Waals surface area contributed by atoms with Gasteiger partial charge >= 0.3 is 0 Å². The first kappa shape index (κ1) is 14.1. The van der Waals surface area contributed by atoms with Crippen LogP contribution in [0.15, 0.2) is 48.5 Å². The zero-order chi connectivity index (χ0) is 15.5. The highest BCUT2D eigenvalue weighted by atomic mass is 16.5. The number of benzene rings is 2. The lowest BCUT2D eigenvalue weighted by atomic mass is 10.1. The minimum atomic E-state index is -0.519. The minimum Gasteiger partial charge on any atom is -0.352 e. The zero-order valence-corrected chi connectivity index (χ0v) is 12.1. The number of aryl methyl sites for hydroxylation is 1. The molecule has 1 aromatic heterocycles. The first-order valence-electron chi connectivity index (χ1n) is 6.88. The van der Waals surface area contributed by atoms with Gasteiger partial charge in [-0.3, -0.25) is 10.0 Å². The number of hydrogen-bond acceptors (Lipinski definition) is 4. The summed E-state index contributed by atoms with van der Waals surface area (Å²) in [5.41, 5.74) is 5.06. The third-order valence-corrected chi connectivity index (χ3v) is 3.56. The number of hydroxylamine groups is 1. The maximum absolute atomic E-state index is 11.3. The molecule has 112 valence electrons. The maximum Gasteiger partial charge on any atom is 0.274 e. The van der Waals surface area contributed by atoms with Gasteiger partial charge in [0.1, 0.15) is 0 Å². The number of hydrogen-bond donors (Lipinski definition) is 3. The topological polar surface area (TPSA) is 79.2 Å². The molecule has 22 heavy (non-hydrogen) atoms. The lowest BCUT2D eigenvalue weighted by Gasteiger charge is -2.07. The lowest BCUT2D eigenvalue weighted by Crippen LogP contribution is -2.18. The number of aromatic nitrogens is 2. The lowest BCUT2D eigenvalue weighted by molar-refractivity contribution is 0.0706. The van der Waals surface area contributed by atoms with Crippen molar-refractivity contribution in [3.05, 3.63) is 59.7 Å². The number of anilines is 1. The van der Waals surface area contributed by atoms with Crippen molar-refractivity contribution in [3.63, 3.8) is 0 Å². The van der Waals surface area contributed by atoms with Crippen molar-refractivity contribution in [1.29, 1.82) is 0 Å². The number of nitrogens with zero attached hydrogens (tertiary/aromatic N) is 2. The van der Waals surface area contributed by atoms with Crippen LogP contribution in [0.1, 0.15) is 15.9 Å². The van der Waals surface area contributed by atoms with Crippen molar-refractivity contribution in [2.45, 2.75) is 6.54 Å². The molecule has 0 aliphatic carbocycles. The van der Waals surface area contributed by atoms with E-state index in [4.69, 9.17) is 5.21 Å². The molecule has 1 heterocycles. The van der Waals surface area contributed by atoms with Crippen LogP contribution in [0, 0.1) is 0 Å². The Kier molecular flexibility index (Phi) is 3.76. The van der Waals surface area contributed by atoms with E-state index in [2.05, 4.69) is 10.3 Å². The van der Waals surface area contributed by atoms with Crippen molar-refractivity contribution < 1.29 is 10.0 Å². The molecule has 3 N–H and O–H groups in total. The van der Waals surface area contributed by atoms with Gasteiger partial charge in [0.25, 0.3) is 5.91 Å². The molecule has 0 aliphatic heterocycles. The summed E-state index contributed by atoms with van der Waals surface area (Å²) in [6.07, 6.45) is 0. The third kappa shape index (κ3) is 2.64. The molecule has 0 atom stereocenters. The first-order valence-corrected chi connectivity index (χ1v) is 6.88. The molecule has 2 aromatic carbocycles. The number of carbonyl (C=O) groups is 1. The summed E-state index contributed by atoms with van der Waals surface area (Å²) in [6.45, 7) is 0.595. The van der Waals surface area contributed by atoms with Crippen LogP contribution in [-0.2, 0) is 13.6 Å². The number of rotatable bonds is 4. The molecule has 0 bridgehead atoms. The average Bonchev–Trinajstić information content (AvgIpc) is 2.89. The van der Waals surface area contributed by atoms with Crippen molar-refractivity contribution >= 4 is 22.9 Å². The smallest absolute Gasteiger partial charge is 0.274 e. The van der Waals surface area contributed by atoms with Crippen molar-refractivity contribution in [3.8, 4) is 0 Å². The summed E-state index contributed by atoms with van der Waals surface area (Å²) in [5, 5.41) is 11.9. The van der Waals surface area contributed by atoms with Crippen LogP contribution in [0.5, 0.6) is 0 Å². The van der Waals surface area contributed by atoms with E-state index >= 15 is 0 Å². The van der Waals surface area contributed by atoms with Gasteiger partial charge < -0.3 is 9.88 Å². The van der Waals surface area contributed by atoms with Crippen molar-refractivity contribution in [2.75, 3.05) is 5.32 Å². The molecular weight excluding hydrogens is 280 g/mol. The Bertz CT molecular complexity index is 809. The second-order valence-electron chi connectivity index (χ2n) is 4.97. The highest BCUT2D eigenvalue weighted by molar-refractivity contribution is 5.93. The summed E-state index contributed by atoms with van der Waals surface area (Å²) in [7, 11) is 1.96. The predicted molar refractivity (Wildman–Crippen MR) is 83.7 cm³/mol. The molecule has 6 heteroatoms. The molecule has 0 radical (unpaired) electrons.